The third-order valence-electron chi connectivity index (χ3n) is 2.87. The maximum Gasteiger partial charge on any atom is 0.0869 e. The number of fused-ring (bicyclic) bond motifs is 2. The molecule has 1 nitrogen and oxygen atoms in total. The van der Waals surface area contributed by atoms with Gasteiger partial charge < -0.3 is 5.73 Å². The predicted molar refractivity (Wildman–Crippen MR) is 65.3 cm³/mol. The smallest absolute Gasteiger partial charge is 0.0869 e. The van der Waals surface area contributed by atoms with E-state index < -0.39 is 0 Å². The van der Waals surface area contributed by atoms with Gasteiger partial charge in [0.15, 0.2) is 0 Å². The molecule has 0 fully saturated rings. The molecule has 3 heteroatoms. The van der Waals surface area contributed by atoms with Crippen LogP contribution >= 0.6 is 23.1 Å². The Bertz CT molecular complexity index is 538. The van der Waals surface area contributed by atoms with Crippen LogP contribution in [0.2, 0.25) is 0 Å². The minimum Gasteiger partial charge on any atom is -0.391 e. The van der Waals surface area contributed by atoms with E-state index in [0.717, 1.165) is 11.4 Å². The molecule has 1 aromatic rings. The first-order chi connectivity index (χ1) is 6.69. The summed E-state index contributed by atoms with van der Waals surface area (Å²) in [5.41, 5.74) is 6.08. The summed E-state index contributed by atoms with van der Waals surface area (Å²) in [6.45, 7) is 2.30. The molecular weight excluding hydrogens is 210 g/mol. The van der Waals surface area contributed by atoms with Crippen LogP contribution in [-0.2, 0) is 0 Å². The highest BCUT2D eigenvalue weighted by Gasteiger charge is 2.32. The Balaban J connectivity index is 2.42. The molecule has 1 atom stereocenters. The quantitative estimate of drug-likeness (QED) is 0.724. The second-order valence-corrected chi connectivity index (χ2v) is 6.01. The molecule has 0 saturated carbocycles. The highest BCUT2D eigenvalue weighted by atomic mass is 32.2. The van der Waals surface area contributed by atoms with Crippen LogP contribution in [0.4, 0.5) is 5.00 Å². The topological polar surface area (TPSA) is 26.0 Å². The van der Waals surface area contributed by atoms with Crippen LogP contribution in [0.25, 0.3) is 11.0 Å². The zero-order valence-corrected chi connectivity index (χ0v) is 9.54. The third kappa shape index (κ3) is 1.03. The van der Waals surface area contributed by atoms with Gasteiger partial charge in [0.1, 0.15) is 0 Å². The fourth-order valence-corrected chi connectivity index (χ4v) is 4.44. The van der Waals surface area contributed by atoms with E-state index in [9.17, 15) is 0 Å². The molecule has 0 amide bonds. The first kappa shape index (κ1) is 8.62. The van der Waals surface area contributed by atoms with Crippen LogP contribution in [0.15, 0.2) is 17.6 Å². The predicted octanol–water partition coefficient (Wildman–Crippen LogP) is 1.89. The summed E-state index contributed by atoms with van der Waals surface area (Å²) in [6, 6.07) is 2.09. The lowest BCUT2D eigenvalue weighted by Gasteiger charge is -2.23. The van der Waals surface area contributed by atoms with Crippen LogP contribution in [-0.4, -0.2) is 0 Å². The number of thioether (sulfide) groups is 1. The Hall–Kier alpha value is -0.670. The molecule has 0 spiro atoms. The minimum atomic E-state index is 0.245. The number of nitrogens with two attached hydrogens (primary N) is 1. The van der Waals surface area contributed by atoms with Crippen molar-refractivity contribution in [3.05, 3.63) is 27.3 Å². The largest absolute Gasteiger partial charge is 0.391 e. The zero-order valence-electron chi connectivity index (χ0n) is 7.91. The average molecular weight is 221 g/mol. The van der Waals surface area contributed by atoms with Crippen LogP contribution in [0, 0.1) is 5.41 Å². The van der Waals surface area contributed by atoms with Gasteiger partial charge in [-0.3, -0.25) is 0 Å². The van der Waals surface area contributed by atoms with Gasteiger partial charge in [-0.05, 0) is 23.1 Å². The molecule has 1 aromatic heterocycles. The lowest BCUT2D eigenvalue weighted by atomic mass is 9.84. The minimum absolute atomic E-state index is 0.245. The molecular formula is C11H11NS2. The van der Waals surface area contributed by atoms with Gasteiger partial charge in [-0.2, -0.15) is 0 Å². The normalized spacial score (nSPS) is 28.5. The van der Waals surface area contributed by atoms with Gasteiger partial charge in [-0.15, -0.1) is 23.1 Å². The molecule has 2 heterocycles. The van der Waals surface area contributed by atoms with Crippen LogP contribution in [0.3, 0.4) is 0 Å². The van der Waals surface area contributed by atoms with Gasteiger partial charge >= 0.3 is 0 Å². The average Bonchev–Trinajstić information content (AvgIpc) is 2.66. The molecule has 72 valence electrons. The maximum atomic E-state index is 5.84. The van der Waals surface area contributed by atoms with E-state index in [1.54, 1.807) is 11.3 Å². The Morgan fingerprint density at radius 1 is 1.50 bits per heavy atom. The van der Waals surface area contributed by atoms with Crippen molar-refractivity contribution >= 4 is 39.1 Å². The summed E-state index contributed by atoms with van der Waals surface area (Å²) in [7, 11) is 0. The summed E-state index contributed by atoms with van der Waals surface area (Å²) < 4.78 is 1.38. The van der Waals surface area contributed by atoms with E-state index >= 15 is 0 Å². The first-order valence-corrected chi connectivity index (χ1v) is 6.33. The number of hydrogen-bond donors (Lipinski definition) is 1. The summed E-state index contributed by atoms with van der Waals surface area (Å²) in [5, 5.41) is 4.46. The van der Waals surface area contributed by atoms with E-state index in [4.69, 9.17) is 5.73 Å². The van der Waals surface area contributed by atoms with Gasteiger partial charge in [0, 0.05) is 14.9 Å². The van der Waals surface area contributed by atoms with Gasteiger partial charge in [0.25, 0.3) is 0 Å². The monoisotopic (exact) mass is 221 g/mol. The summed E-state index contributed by atoms with van der Waals surface area (Å²) in [6.07, 6.45) is 5.72. The van der Waals surface area contributed by atoms with Gasteiger partial charge in [0.05, 0.1) is 5.00 Å². The highest BCUT2D eigenvalue weighted by Crippen LogP contribution is 2.48. The zero-order chi connectivity index (χ0) is 9.76. The molecule has 0 bridgehead atoms. The van der Waals surface area contributed by atoms with Crippen molar-refractivity contribution in [2.24, 2.45) is 5.41 Å². The number of anilines is 1. The van der Waals surface area contributed by atoms with Crippen molar-refractivity contribution in [1.82, 2.24) is 0 Å². The molecule has 2 aliphatic rings. The lowest BCUT2D eigenvalue weighted by molar-refractivity contribution is 0.611. The number of nitrogen functional groups attached to an aromatic ring is 1. The summed E-state index contributed by atoms with van der Waals surface area (Å²) in [5.74, 6) is 0. The van der Waals surface area contributed by atoms with Crippen molar-refractivity contribution in [2.45, 2.75) is 13.3 Å². The molecule has 0 saturated heterocycles. The number of thiophene rings is 1. The molecule has 1 aliphatic heterocycles. The molecule has 0 radical (unpaired) electrons. The highest BCUT2D eigenvalue weighted by molar-refractivity contribution is 8.11. The third-order valence-corrected chi connectivity index (χ3v) is 5.18. The SMILES string of the molecule is CC12C=CSC1=c1sc(N)cc1=CC2. The van der Waals surface area contributed by atoms with Crippen molar-refractivity contribution in [2.75, 3.05) is 5.73 Å². The van der Waals surface area contributed by atoms with Crippen LogP contribution in [0.1, 0.15) is 13.3 Å². The second kappa shape index (κ2) is 2.67. The standard InChI is InChI=1S/C11H11NS2/c1-11-3-2-7-6-8(12)14-9(7)10(11)13-5-4-11/h2,4-6H,3,12H2,1H3. The Morgan fingerprint density at radius 3 is 3.21 bits per heavy atom. The molecule has 3 rings (SSSR count). The van der Waals surface area contributed by atoms with Gasteiger partial charge in [0.2, 0.25) is 0 Å². The summed E-state index contributed by atoms with van der Waals surface area (Å²) in [4.78, 5) is 1.48. The fraction of sp³-hybridized carbons (Fsp3) is 0.273. The number of hydrogen-bond acceptors (Lipinski definition) is 3. The number of rotatable bonds is 0. The van der Waals surface area contributed by atoms with E-state index in [1.807, 2.05) is 11.8 Å². The van der Waals surface area contributed by atoms with Gasteiger partial charge in [-0.1, -0.05) is 19.1 Å². The van der Waals surface area contributed by atoms with Crippen molar-refractivity contribution < 1.29 is 0 Å². The summed E-state index contributed by atoms with van der Waals surface area (Å²) >= 11 is 3.57. The van der Waals surface area contributed by atoms with Gasteiger partial charge in [-0.25, -0.2) is 0 Å². The molecule has 0 aromatic carbocycles. The van der Waals surface area contributed by atoms with Crippen molar-refractivity contribution in [3.8, 4) is 0 Å². The molecule has 2 N–H and O–H groups in total. The molecule has 1 aliphatic carbocycles. The maximum absolute atomic E-state index is 5.84. The lowest BCUT2D eigenvalue weighted by Crippen LogP contribution is -2.30. The van der Waals surface area contributed by atoms with E-state index in [2.05, 4.69) is 30.6 Å². The fourth-order valence-electron chi connectivity index (χ4n) is 2.01. The molecule has 14 heavy (non-hydrogen) atoms. The number of allylic oxidation sites excluding steroid dienone is 1. The van der Waals surface area contributed by atoms with Crippen LogP contribution in [0.5, 0.6) is 0 Å². The van der Waals surface area contributed by atoms with E-state index in [0.29, 0.717) is 0 Å². The van der Waals surface area contributed by atoms with E-state index in [-0.39, 0.29) is 5.41 Å². The second-order valence-electron chi connectivity index (χ2n) is 4.01. The van der Waals surface area contributed by atoms with Crippen molar-refractivity contribution in [1.29, 1.82) is 0 Å². The van der Waals surface area contributed by atoms with Crippen molar-refractivity contribution in [3.63, 3.8) is 0 Å². The first-order valence-electron chi connectivity index (χ1n) is 4.64. The Morgan fingerprint density at radius 2 is 2.36 bits per heavy atom. The van der Waals surface area contributed by atoms with E-state index in [1.165, 1.54) is 14.7 Å². The van der Waals surface area contributed by atoms with Crippen LogP contribution < -0.4 is 15.5 Å². The Labute approximate surface area is 91.0 Å². The molecule has 1 unspecified atom stereocenters. The Kier molecular flexibility index (Phi) is 1.65.